The predicted molar refractivity (Wildman–Crippen MR) is 78.7 cm³/mol. The van der Waals surface area contributed by atoms with Gasteiger partial charge in [0.15, 0.2) is 0 Å². The van der Waals surface area contributed by atoms with Crippen LogP contribution in [-0.2, 0) is 14.4 Å². The summed E-state index contributed by atoms with van der Waals surface area (Å²) in [6, 6.07) is 5.84. The van der Waals surface area contributed by atoms with E-state index in [9.17, 15) is 14.0 Å². The highest BCUT2D eigenvalue weighted by atomic mass is 19.1. The van der Waals surface area contributed by atoms with Crippen LogP contribution in [0.1, 0.15) is 25.3 Å². The van der Waals surface area contributed by atoms with Gasteiger partial charge in [-0.25, -0.2) is 4.39 Å². The number of halogens is 1. The lowest BCUT2D eigenvalue weighted by Gasteiger charge is -2.20. The molecule has 1 aliphatic rings. The fourth-order valence-electron chi connectivity index (χ4n) is 2.06. The third-order valence-electron chi connectivity index (χ3n) is 3.44. The second-order valence-electron chi connectivity index (χ2n) is 5.22. The van der Waals surface area contributed by atoms with E-state index in [1.54, 1.807) is 19.1 Å². The molecule has 1 atom stereocenters. The van der Waals surface area contributed by atoms with Crippen molar-refractivity contribution in [3.05, 3.63) is 35.6 Å². The molecule has 0 aliphatic carbocycles. The molecule has 7 heteroatoms. The highest BCUT2D eigenvalue weighted by molar-refractivity contribution is 6.05. The second-order valence-corrected chi connectivity index (χ2v) is 5.22. The molecule has 1 heterocycles. The van der Waals surface area contributed by atoms with Crippen LogP contribution in [0.4, 0.5) is 4.39 Å². The predicted octanol–water partition coefficient (Wildman–Crippen LogP) is 0.961. The first kappa shape index (κ1) is 15.9. The average molecular weight is 307 g/mol. The zero-order valence-electron chi connectivity index (χ0n) is 12.5. The summed E-state index contributed by atoms with van der Waals surface area (Å²) in [4.78, 5) is 28.5. The SMILES string of the molecule is CNC(=O)CCNC(=O)[C@@]1(C)CC(c2ccc(F)cc2)=NO1. The standard InChI is InChI=1S/C15H18FN3O3/c1-15(14(21)18-8-7-13(20)17-2)9-12(19-22-15)10-3-5-11(16)6-4-10/h3-6H,7-9H2,1-2H3,(H,17,20)(H,18,21)/t15-/m1/s1. The number of carbonyl (C=O) groups excluding carboxylic acids is 2. The summed E-state index contributed by atoms with van der Waals surface area (Å²) >= 11 is 0. The monoisotopic (exact) mass is 307 g/mol. The summed E-state index contributed by atoms with van der Waals surface area (Å²) in [5.41, 5.74) is 0.180. The van der Waals surface area contributed by atoms with Crippen LogP contribution in [0.2, 0.25) is 0 Å². The van der Waals surface area contributed by atoms with Crippen molar-refractivity contribution in [3.63, 3.8) is 0 Å². The minimum atomic E-state index is -1.12. The molecule has 0 bridgehead atoms. The number of nitrogens with one attached hydrogen (secondary N) is 2. The van der Waals surface area contributed by atoms with Crippen LogP contribution in [0.5, 0.6) is 0 Å². The maximum atomic E-state index is 12.9. The Morgan fingerprint density at radius 2 is 2.05 bits per heavy atom. The molecule has 0 spiro atoms. The highest BCUT2D eigenvalue weighted by Crippen LogP contribution is 2.26. The average Bonchev–Trinajstić information content (AvgIpc) is 2.91. The van der Waals surface area contributed by atoms with Crippen molar-refractivity contribution in [2.75, 3.05) is 13.6 Å². The van der Waals surface area contributed by atoms with E-state index in [4.69, 9.17) is 4.84 Å². The largest absolute Gasteiger partial charge is 0.379 e. The first-order valence-corrected chi connectivity index (χ1v) is 6.94. The molecule has 1 aliphatic heterocycles. The van der Waals surface area contributed by atoms with Crippen LogP contribution in [0, 0.1) is 5.82 Å². The number of hydrogen-bond acceptors (Lipinski definition) is 4. The fourth-order valence-corrected chi connectivity index (χ4v) is 2.06. The Bertz CT molecular complexity index is 601. The molecule has 1 aromatic carbocycles. The van der Waals surface area contributed by atoms with E-state index < -0.39 is 5.60 Å². The summed E-state index contributed by atoms with van der Waals surface area (Å²) in [6.45, 7) is 1.85. The van der Waals surface area contributed by atoms with Crippen molar-refractivity contribution >= 4 is 17.5 Å². The van der Waals surface area contributed by atoms with Gasteiger partial charge in [-0.15, -0.1) is 0 Å². The lowest BCUT2D eigenvalue weighted by Crippen LogP contribution is -2.45. The lowest BCUT2D eigenvalue weighted by molar-refractivity contribution is -0.141. The van der Waals surface area contributed by atoms with Crippen LogP contribution < -0.4 is 10.6 Å². The molecule has 0 saturated carbocycles. The number of nitrogens with zero attached hydrogens (tertiary/aromatic N) is 1. The van der Waals surface area contributed by atoms with Gasteiger partial charge in [-0.1, -0.05) is 17.3 Å². The normalized spacial score (nSPS) is 20.0. The Labute approximate surface area is 127 Å². The molecule has 0 saturated heterocycles. The van der Waals surface area contributed by atoms with Gasteiger partial charge in [0.05, 0.1) is 5.71 Å². The van der Waals surface area contributed by atoms with Gasteiger partial charge in [0, 0.05) is 26.4 Å². The van der Waals surface area contributed by atoms with Gasteiger partial charge in [0.25, 0.3) is 5.91 Å². The van der Waals surface area contributed by atoms with Crippen molar-refractivity contribution in [1.29, 1.82) is 0 Å². The topological polar surface area (TPSA) is 79.8 Å². The van der Waals surface area contributed by atoms with Crippen molar-refractivity contribution < 1.29 is 18.8 Å². The van der Waals surface area contributed by atoms with Crippen molar-refractivity contribution in [2.24, 2.45) is 5.16 Å². The van der Waals surface area contributed by atoms with Gasteiger partial charge in [-0.05, 0) is 24.6 Å². The smallest absolute Gasteiger partial charge is 0.267 e. The maximum Gasteiger partial charge on any atom is 0.267 e. The Morgan fingerprint density at radius 1 is 1.36 bits per heavy atom. The Morgan fingerprint density at radius 3 is 2.68 bits per heavy atom. The molecular weight excluding hydrogens is 289 g/mol. The summed E-state index contributed by atoms with van der Waals surface area (Å²) in [6.07, 6.45) is 0.481. The molecule has 0 radical (unpaired) electrons. The quantitative estimate of drug-likeness (QED) is 0.850. The molecule has 2 amide bonds. The molecule has 2 rings (SSSR count). The second kappa shape index (κ2) is 6.55. The van der Waals surface area contributed by atoms with E-state index in [-0.39, 0.29) is 37.0 Å². The van der Waals surface area contributed by atoms with Crippen LogP contribution in [-0.4, -0.2) is 36.7 Å². The summed E-state index contributed by atoms with van der Waals surface area (Å²) in [5.74, 6) is -0.823. The molecule has 6 nitrogen and oxygen atoms in total. The van der Waals surface area contributed by atoms with Crippen LogP contribution in [0.15, 0.2) is 29.4 Å². The third-order valence-corrected chi connectivity index (χ3v) is 3.44. The van der Waals surface area contributed by atoms with E-state index in [0.29, 0.717) is 11.3 Å². The molecule has 0 fully saturated rings. The minimum absolute atomic E-state index is 0.152. The van der Waals surface area contributed by atoms with Crippen LogP contribution >= 0.6 is 0 Å². The van der Waals surface area contributed by atoms with Crippen molar-refractivity contribution in [1.82, 2.24) is 10.6 Å². The van der Waals surface area contributed by atoms with Gasteiger partial charge in [-0.3, -0.25) is 9.59 Å². The van der Waals surface area contributed by atoms with E-state index >= 15 is 0 Å². The molecule has 22 heavy (non-hydrogen) atoms. The van der Waals surface area contributed by atoms with E-state index in [1.165, 1.54) is 19.2 Å². The zero-order valence-corrected chi connectivity index (χ0v) is 12.5. The van der Waals surface area contributed by atoms with Gasteiger partial charge in [-0.2, -0.15) is 0 Å². The fraction of sp³-hybridized carbons (Fsp3) is 0.400. The lowest BCUT2D eigenvalue weighted by atomic mass is 9.95. The van der Waals surface area contributed by atoms with Crippen LogP contribution in [0.3, 0.4) is 0 Å². The zero-order chi connectivity index (χ0) is 16.2. The Hall–Kier alpha value is -2.44. The molecule has 0 unspecified atom stereocenters. The van der Waals surface area contributed by atoms with E-state index in [1.807, 2.05) is 0 Å². The number of hydrogen-bond donors (Lipinski definition) is 2. The van der Waals surface area contributed by atoms with Gasteiger partial charge >= 0.3 is 0 Å². The number of benzene rings is 1. The molecule has 2 N–H and O–H groups in total. The van der Waals surface area contributed by atoms with Gasteiger partial charge < -0.3 is 15.5 Å². The van der Waals surface area contributed by atoms with E-state index in [0.717, 1.165) is 0 Å². The summed E-state index contributed by atoms with van der Waals surface area (Å²) in [5, 5.41) is 9.05. The number of rotatable bonds is 5. The third kappa shape index (κ3) is 3.60. The number of carbonyl (C=O) groups is 2. The first-order valence-electron chi connectivity index (χ1n) is 6.94. The Balaban J connectivity index is 1.92. The Kier molecular flexibility index (Phi) is 4.75. The molecular formula is C15H18FN3O3. The van der Waals surface area contributed by atoms with Gasteiger partial charge in [0.2, 0.25) is 11.5 Å². The number of amides is 2. The highest BCUT2D eigenvalue weighted by Gasteiger charge is 2.42. The molecule has 118 valence electrons. The van der Waals surface area contributed by atoms with Crippen molar-refractivity contribution in [2.45, 2.75) is 25.4 Å². The summed E-state index contributed by atoms with van der Waals surface area (Å²) < 4.78 is 12.9. The maximum absolute atomic E-state index is 12.9. The van der Waals surface area contributed by atoms with E-state index in [2.05, 4.69) is 15.8 Å². The first-order chi connectivity index (χ1) is 10.4. The minimum Gasteiger partial charge on any atom is -0.379 e. The molecule has 0 aromatic heterocycles. The van der Waals surface area contributed by atoms with Gasteiger partial charge in [0.1, 0.15) is 5.82 Å². The summed E-state index contributed by atoms with van der Waals surface area (Å²) in [7, 11) is 1.54. The number of oxime groups is 1. The molecule has 1 aromatic rings. The van der Waals surface area contributed by atoms with Crippen LogP contribution in [0.25, 0.3) is 0 Å². The van der Waals surface area contributed by atoms with Crippen molar-refractivity contribution in [3.8, 4) is 0 Å².